The molecular weight excluding hydrogens is 764 g/mol. The highest BCUT2D eigenvalue weighted by molar-refractivity contribution is 9.11. The molecule has 2 aliphatic heterocycles. The number of para-hydroxylation sites is 2. The number of nitrogen functional groups attached to an aromatic ring is 1. The van der Waals surface area contributed by atoms with Crippen molar-refractivity contribution in [1.82, 2.24) is 20.1 Å². The molecule has 0 unspecified atom stereocenters. The van der Waals surface area contributed by atoms with Crippen LogP contribution in [0.25, 0.3) is 0 Å². The summed E-state index contributed by atoms with van der Waals surface area (Å²) in [6.07, 6.45) is 4.99. The third kappa shape index (κ3) is 8.56. The Kier molecular flexibility index (Phi) is 11.5. The van der Waals surface area contributed by atoms with Gasteiger partial charge in [-0.3, -0.25) is 14.7 Å². The quantitative estimate of drug-likeness (QED) is 0.178. The minimum atomic E-state index is -0.785. The van der Waals surface area contributed by atoms with Crippen LogP contribution in [-0.4, -0.2) is 84.1 Å². The van der Waals surface area contributed by atoms with E-state index < -0.39 is 6.04 Å². The van der Waals surface area contributed by atoms with Crippen molar-refractivity contribution < 1.29 is 14.4 Å². The molecule has 1 atom stereocenters. The van der Waals surface area contributed by atoms with E-state index in [0.717, 1.165) is 16.9 Å². The molecule has 260 valence electrons. The van der Waals surface area contributed by atoms with Gasteiger partial charge in [-0.15, -0.1) is 0 Å². The zero-order chi connectivity index (χ0) is 35.0. The summed E-state index contributed by atoms with van der Waals surface area (Å²) in [6.45, 7) is 3.30. The smallest absolute Gasteiger partial charge is 0.326 e. The molecule has 4 N–H and O–H groups in total. The SMILES string of the molecule is Nc1c(Br)cc(C[C@@H](NC(=O)N2CCC(N(C(=O)Nc3ccccc3)c3ccccc3)CC2)C(=O)N2CCN(c3ccncc3)CC2)cc1Br. The molecule has 0 bridgehead atoms. The second-order valence-corrected chi connectivity index (χ2v) is 14.1. The van der Waals surface area contributed by atoms with E-state index in [-0.39, 0.29) is 24.0 Å². The molecule has 11 nitrogen and oxygen atoms in total. The third-order valence-electron chi connectivity index (χ3n) is 9.19. The molecular formula is C37H40Br2N8O3. The van der Waals surface area contributed by atoms with Crippen LogP contribution in [0.1, 0.15) is 18.4 Å². The summed E-state index contributed by atoms with van der Waals surface area (Å²) < 4.78 is 1.43. The van der Waals surface area contributed by atoms with E-state index >= 15 is 0 Å². The van der Waals surface area contributed by atoms with Gasteiger partial charge in [0.1, 0.15) is 6.04 Å². The van der Waals surface area contributed by atoms with Gasteiger partial charge >= 0.3 is 12.1 Å². The summed E-state index contributed by atoms with van der Waals surface area (Å²) in [7, 11) is 0. The standard InChI is InChI=1S/C37H40Br2N8O3/c38-31-23-26(24-32(39)34(31)40)25-33(35(48)45-21-19-44(20-22-45)28-11-15-41-16-12-28)43-36(49)46-17-13-30(14-18-46)47(29-9-5-2-6-10-29)37(50)42-27-7-3-1-4-8-27/h1-12,15-16,23-24,30,33H,13-14,17-22,25,40H2,(H,42,50)(H,43,49)/t33-/m1/s1. The first-order valence-electron chi connectivity index (χ1n) is 16.7. The minimum Gasteiger partial charge on any atom is -0.397 e. The van der Waals surface area contributed by atoms with E-state index in [9.17, 15) is 14.4 Å². The van der Waals surface area contributed by atoms with Crippen LogP contribution in [0.15, 0.2) is 106 Å². The van der Waals surface area contributed by atoms with Gasteiger partial charge in [-0.1, -0.05) is 36.4 Å². The number of piperidine rings is 1. The summed E-state index contributed by atoms with van der Waals surface area (Å²) in [4.78, 5) is 53.2. The lowest BCUT2D eigenvalue weighted by molar-refractivity contribution is -0.133. The Balaban J connectivity index is 1.13. The predicted molar refractivity (Wildman–Crippen MR) is 204 cm³/mol. The molecule has 50 heavy (non-hydrogen) atoms. The molecule has 3 aromatic carbocycles. The second kappa shape index (κ2) is 16.4. The van der Waals surface area contributed by atoms with Crippen molar-refractivity contribution in [2.45, 2.75) is 31.3 Å². The lowest BCUT2D eigenvalue weighted by Gasteiger charge is -2.40. The number of aromatic nitrogens is 1. The summed E-state index contributed by atoms with van der Waals surface area (Å²) in [6, 6.07) is 25.2. The topological polar surface area (TPSA) is 127 Å². The highest BCUT2D eigenvalue weighted by Gasteiger charge is 2.34. The summed E-state index contributed by atoms with van der Waals surface area (Å²) in [5.41, 5.74) is 10.1. The van der Waals surface area contributed by atoms with Gasteiger partial charge in [0.05, 0.1) is 5.69 Å². The zero-order valence-electron chi connectivity index (χ0n) is 27.6. The molecule has 3 heterocycles. The Bertz CT molecular complexity index is 1740. The number of pyridine rings is 1. The molecule has 0 radical (unpaired) electrons. The summed E-state index contributed by atoms with van der Waals surface area (Å²) >= 11 is 7.03. The fourth-order valence-electron chi connectivity index (χ4n) is 6.51. The molecule has 6 rings (SSSR count). The van der Waals surface area contributed by atoms with Crippen molar-refractivity contribution in [2.24, 2.45) is 0 Å². The molecule has 4 aromatic rings. The van der Waals surface area contributed by atoms with Crippen LogP contribution in [0.2, 0.25) is 0 Å². The van der Waals surface area contributed by atoms with Gasteiger partial charge in [0.2, 0.25) is 5.91 Å². The lowest BCUT2D eigenvalue weighted by atomic mass is 10.0. The maximum atomic E-state index is 14.1. The number of anilines is 4. The molecule has 1 aromatic heterocycles. The van der Waals surface area contributed by atoms with Crippen molar-refractivity contribution in [3.63, 3.8) is 0 Å². The van der Waals surface area contributed by atoms with Crippen LogP contribution in [0, 0.1) is 0 Å². The Labute approximate surface area is 309 Å². The molecule has 5 amide bonds. The third-order valence-corrected chi connectivity index (χ3v) is 10.5. The number of nitrogens with one attached hydrogen (secondary N) is 2. The van der Waals surface area contributed by atoms with Crippen LogP contribution >= 0.6 is 31.9 Å². The van der Waals surface area contributed by atoms with E-state index in [0.29, 0.717) is 78.9 Å². The van der Waals surface area contributed by atoms with E-state index in [1.807, 2.05) is 89.8 Å². The molecule has 13 heteroatoms. The number of hydrogen-bond donors (Lipinski definition) is 3. The van der Waals surface area contributed by atoms with E-state index in [1.54, 1.807) is 22.2 Å². The fourth-order valence-corrected chi connectivity index (χ4v) is 7.79. The molecule has 0 spiro atoms. The highest BCUT2D eigenvalue weighted by atomic mass is 79.9. The van der Waals surface area contributed by atoms with E-state index in [2.05, 4.69) is 52.4 Å². The number of amides is 5. The number of benzene rings is 3. The van der Waals surface area contributed by atoms with Gasteiger partial charge in [-0.05, 0) is 98.8 Å². The van der Waals surface area contributed by atoms with Gasteiger partial charge < -0.3 is 31.1 Å². The number of piperazine rings is 1. The fraction of sp³-hybridized carbons (Fsp3) is 0.297. The van der Waals surface area contributed by atoms with Crippen molar-refractivity contribution in [3.05, 3.63) is 112 Å². The molecule has 2 aliphatic rings. The van der Waals surface area contributed by atoms with Crippen molar-refractivity contribution in [2.75, 3.05) is 60.1 Å². The Morgan fingerprint density at radius 2 is 1.42 bits per heavy atom. The first-order valence-corrected chi connectivity index (χ1v) is 18.3. The first kappa shape index (κ1) is 35.2. The van der Waals surface area contributed by atoms with Crippen LogP contribution in [-0.2, 0) is 11.2 Å². The van der Waals surface area contributed by atoms with Crippen molar-refractivity contribution in [1.29, 1.82) is 0 Å². The molecule has 2 saturated heterocycles. The number of urea groups is 2. The number of carbonyl (C=O) groups is 3. The number of likely N-dealkylation sites (tertiary alicyclic amines) is 1. The average Bonchev–Trinajstić information content (AvgIpc) is 3.15. The van der Waals surface area contributed by atoms with E-state index in [1.165, 1.54) is 0 Å². The maximum Gasteiger partial charge on any atom is 0.326 e. The Morgan fingerprint density at radius 1 is 0.820 bits per heavy atom. The lowest BCUT2D eigenvalue weighted by Crippen LogP contribution is -2.58. The van der Waals surface area contributed by atoms with Gasteiger partial charge in [0, 0.05) is 90.1 Å². The van der Waals surface area contributed by atoms with Crippen molar-refractivity contribution in [3.8, 4) is 0 Å². The number of nitrogens with zero attached hydrogens (tertiary/aromatic N) is 5. The number of rotatable bonds is 8. The van der Waals surface area contributed by atoms with Gasteiger partial charge in [0.15, 0.2) is 0 Å². The second-order valence-electron chi connectivity index (χ2n) is 12.4. The van der Waals surface area contributed by atoms with Gasteiger partial charge in [-0.2, -0.15) is 0 Å². The summed E-state index contributed by atoms with van der Waals surface area (Å²) in [5.74, 6) is -0.125. The summed E-state index contributed by atoms with van der Waals surface area (Å²) in [5, 5.41) is 6.10. The normalized spacial score (nSPS) is 15.7. The number of nitrogens with two attached hydrogens (primary N) is 1. The van der Waals surface area contributed by atoms with Crippen LogP contribution in [0.4, 0.5) is 32.3 Å². The van der Waals surface area contributed by atoms with Gasteiger partial charge in [0.25, 0.3) is 0 Å². The Hall–Kier alpha value is -4.62. The van der Waals surface area contributed by atoms with Crippen LogP contribution in [0.3, 0.4) is 0 Å². The minimum absolute atomic E-state index is 0.122. The number of carbonyl (C=O) groups excluding carboxylic acids is 3. The average molecular weight is 805 g/mol. The molecule has 0 saturated carbocycles. The molecule has 2 fully saturated rings. The largest absolute Gasteiger partial charge is 0.397 e. The van der Waals surface area contributed by atoms with E-state index in [4.69, 9.17) is 5.73 Å². The highest BCUT2D eigenvalue weighted by Crippen LogP contribution is 2.31. The van der Waals surface area contributed by atoms with Crippen molar-refractivity contribution >= 4 is 72.6 Å². The Morgan fingerprint density at radius 3 is 2.04 bits per heavy atom. The van der Waals surface area contributed by atoms with Crippen LogP contribution < -0.4 is 26.2 Å². The maximum absolute atomic E-state index is 14.1. The monoisotopic (exact) mass is 802 g/mol. The number of hydrogen-bond acceptors (Lipinski definition) is 6. The predicted octanol–water partition coefficient (Wildman–Crippen LogP) is 6.36. The van der Waals surface area contributed by atoms with Gasteiger partial charge in [-0.25, -0.2) is 9.59 Å². The zero-order valence-corrected chi connectivity index (χ0v) is 30.7. The molecule has 0 aliphatic carbocycles. The van der Waals surface area contributed by atoms with Crippen LogP contribution in [0.5, 0.6) is 0 Å². The first-order chi connectivity index (χ1) is 24.3. The number of halogens is 2.